The molecule has 4 N–H and O–H groups in total. The fourth-order valence-corrected chi connectivity index (χ4v) is 2.51. The molecule has 2 aromatic rings. The van der Waals surface area contributed by atoms with Crippen molar-refractivity contribution < 1.29 is 0 Å². The number of H-pyrrole nitrogens is 2. The van der Waals surface area contributed by atoms with Crippen molar-refractivity contribution in [2.75, 3.05) is 19.3 Å². The highest BCUT2D eigenvalue weighted by molar-refractivity contribution is 5.84. The molecule has 2 heterocycles. The SMILES string of the molecule is CN1CCc2c(N)cc3[nH]c(=O)c(=O)[nH]c3c2C1. The predicted molar refractivity (Wildman–Crippen MR) is 69.6 cm³/mol. The van der Waals surface area contributed by atoms with Crippen LogP contribution < -0.4 is 16.9 Å². The Morgan fingerprint density at radius 2 is 1.94 bits per heavy atom. The highest BCUT2D eigenvalue weighted by Crippen LogP contribution is 2.28. The third-order valence-electron chi connectivity index (χ3n) is 3.45. The van der Waals surface area contributed by atoms with E-state index in [1.165, 1.54) is 0 Å². The summed E-state index contributed by atoms with van der Waals surface area (Å²) < 4.78 is 0. The number of hydrogen-bond donors (Lipinski definition) is 3. The number of nitrogen functional groups attached to an aromatic ring is 1. The van der Waals surface area contributed by atoms with E-state index in [2.05, 4.69) is 14.9 Å². The van der Waals surface area contributed by atoms with Crippen LogP contribution in [0.2, 0.25) is 0 Å². The molecule has 1 aromatic carbocycles. The van der Waals surface area contributed by atoms with Gasteiger partial charge in [0.15, 0.2) is 0 Å². The quantitative estimate of drug-likeness (QED) is 0.442. The number of aromatic amines is 2. The Kier molecular flexibility index (Phi) is 2.27. The average molecular weight is 246 g/mol. The molecule has 0 amide bonds. The van der Waals surface area contributed by atoms with Crippen LogP contribution in [0, 0.1) is 0 Å². The van der Waals surface area contributed by atoms with Crippen molar-refractivity contribution in [1.29, 1.82) is 0 Å². The summed E-state index contributed by atoms with van der Waals surface area (Å²) in [6.45, 7) is 1.66. The summed E-state index contributed by atoms with van der Waals surface area (Å²) in [5.74, 6) is 0. The van der Waals surface area contributed by atoms with Gasteiger partial charge in [0.1, 0.15) is 0 Å². The molecule has 3 rings (SSSR count). The van der Waals surface area contributed by atoms with Gasteiger partial charge in [0, 0.05) is 18.8 Å². The predicted octanol–water partition coefficient (Wildman–Crippen LogP) is -0.213. The molecule has 0 unspecified atom stereocenters. The Bertz CT molecular complexity index is 744. The molecule has 1 aliphatic rings. The van der Waals surface area contributed by atoms with Crippen LogP contribution in [0.4, 0.5) is 5.69 Å². The van der Waals surface area contributed by atoms with Crippen molar-refractivity contribution in [3.63, 3.8) is 0 Å². The number of hydrogen-bond acceptors (Lipinski definition) is 4. The van der Waals surface area contributed by atoms with Gasteiger partial charge < -0.3 is 20.6 Å². The van der Waals surface area contributed by atoms with Crippen molar-refractivity contribution in [2.24, 2.45) is 0 Å². The minimum Gasteiger partial charge on any atom is -0.398 e. The lowest BCUT2D eigenvalue weighted by Crippen LogP contribution is -2.32. The van der Waals surface area contributed by atoms with Gasteiger partial charge in [-0.2, -0.15) is 0 Å². The zero-order valence-electron chi connectivity index (χ0n) is 10.0. The van der Waals surface area contributed by atoms with Gasteiger partial charge in [-0.25, -0.2) is 0 Å². The van der Waals surface area contributed by atoms with Gasteiger partial charge in [-0.1, -0.05) is 0 Å². The molecule has 18 heavy (non-hydrogen) atoms. The van der Waals surface area contributed by atoms with Crippen LogP contribution in [0.15, 0.2) is 15.7 Å². The molecule has 0 aliphatic carbocycles. The summed E-state index contributed by atoms with van der Waals surface area (Å²) in [5.41, 5.74) is 8.77. The third kappa shape index (κ3) is 1.53. The number of likely N-dealkylation sites (N-methyl/N-ethyl adjacent to an activating group) is 1. The highest BCUT2D eigenvalue weighted by Gasteiger charge is 2.19. The van der Waals surface area contributed by atoms with Crippen LogP contribution in [0.3, 0.4) is 0 Å². The number of nitrogens with one attached hydrogen (secondary N) is 2. The van der Waals surface area contributed by atoms with E-state index in [0.29, 0.717) is 16.7 Å². The van der Waals surface area contributed by atoms with Gasteiger partial charge in [-0.05, 0) is 30.7 Å². The van der Waals surface area contributed by atoms with Crippen molar-refractivity contribution in [1.82, 2.24) is 14.9 Å². The summed E-state index contributed by atoms with van der Waals surface area (Å²) >= 11 is 0. The first-order chi connectivity index (χ1) is 8.56. The van der Waals surface area contributed by atoms with E-state index in [-0.39, 0.29) is 0 Å². The molecule has 6 nitrogen and oxygen atoms in total. The zero-order valence-corrected chi connectivity index (χ0v) is 10.0. The maximum Gasteiger partial charge on any atom is 0.314 e. The standard InChI is InChI=1S/C12H14N4O2/c1-16-3-2-6-7(5-16)10-9(4-8(6)13)14-11(17)12(18)15-10/h4H,2-3,5,13H2,1H3,(H,14,17)(H,15,18). The molecule has 0 fully saturated rings. The number of nitrogens with zero attached hydrogens (tertiary/aromatic N) is 1. The van der Waals surface area contributed by atoms with Crippen LogP contribution in [-0.4, -0.2) is 28.5 Å². The maximum absolute atomic E-state index is 11.4. The van der Waals surface area contributed by atoms with Crippen molar-refractivity contribution in [3.8, 4) is 0 Å². The average Bonchev–Trinajstić information content (AvgIpc) is 2.32. The molecule has 0 bridgehead atoms. The van der Waals surface area contributed by atoms with Crippen molar-refractivity contribution in [3.05, 3.63) is 37.9 Å². The monoisotopic (exact) mass is 246 g/mol. The van der Waals surface area contributed by atoms with Crippen LogP contribution in [0.25, 0.3) is 11.0 Å². The molecule has 94 valence electrons. The number of aromatic nitrogens is 2. The van der Waals surface area contributed by atoms with E-state index in [4.69, 9.17) is 5.73 Å². The van der Waals surface area contributed by atoms with E-state index in [0.717, 1.165) is 30.6 Å². The minimum absolute atomic E-state index is 0.589. The van der Waals surface area contributed by atoms with E-state index in [9.17, 15) is 9.59 Å². The number of benzene rings is 1. The molecular weight excluding hydrogens is 232 g/mol. The minimum atomic E-state index is -0.647. The lowest BCUT2D eigenvalue weighted by molar-refractivity contribution is 0.314. The highest BCUT2D eigenvalue weighted by atomic mass is 16.2. The number of rotatable bonds is 0. The van der Waals surface area contributed by atoms with Gasteiger partial charge in [-0.15, -0.1) is 0 Å². The zero-order chi connectivity index (χ0) is 12.9. The Labute approximate surface area is 102 Å². The second kappa shape index (κ2) is 3.71. The molecule has 6 heteroatoms. The van der Waals surface area contributed by atoms with Gasteiger partial charge in [0.25, 0.3) is 0 Å². The normalized spacial score (nSPS) is 15.8. The number of fused-ring (bicyclic) bond motifs is 3. The van der Waals surface area contributed by atoms with Gasteiger partial charge in [0.05, 0.1) is 11.0 Å². The van der Waals surface area contributed by atoms with Crippen LogP contribution in [0.1, 0.15) is 11.1 Å². The second-order valence-electron chi connectivity index (χ2n) is 4.74. The van der Waals surface area contributed by atoms with E-state index >= 15 is 0 Å². The lowest BCUT2D eigenvalue weighted by atomic mass is 9.96. The van der Waals surface area contributed by atoms with Crippen molar-refractivity contribution >= 4 is 16.7 Å². The number of nitrogens with two attached hydrogens (primary N) is 1. The summed E-state index contributed by atoms with van der Waals surface area (Å²) in [5, 5.41) is 0. The lowest BCUT2D eigenvalue weighted by Gasteiger charge is -2.26. The first-order valence-electron chi connectivity index (χ1n) is 5.81. The Morgan fingerprint density at radius 3 is 2.72 bits per heavy atom. The molecule has 1 aromatic heterocycles. The topological polar surface area (TPSA) is 95.0 Å². The summed E-state index contributed by atoms with van der Waals surface area (Å²) in [6, 6.07) is 1.72. The fraction of sp³-hybridized carbons (Fsp3) is 0.333. The Balaban J connectivity index is 2.42. The van der Waals surface area contributed by atoms with Gasteiger partial charge >= 0.3 is 11.1 Å². The smallest absolute Gasteiger partial charge is 0.314 e. The fourth-order valence-electron chi connectivity index (χ4n) is 2.51. The summed E-state index contributed by atoms with van der Waals surface area (Å²) in [4.78, 5) is 30.1. The van der Waals surface area contributed by atoms with E-state index in [1.807, 2.05) is 7.05 Å². The van der Waals surface area contributed by atoms with Crippen LogP contribution >= 0.6 is 0 Å². The largest absolute Gasteiger partial charge is 0.398 e. The van der Waals surface area contributed by atoms with Crippen LogP contribution in [0.5, 0.6) is 0 Å². The third-order valence-corrected chi connectivity index (χ3v) is 3.45. The molecule has 0 spiro atoms. The molecule has 0 saturated heterocycles. The molecular formula is C12H14N4O2. The first-order valence-corrected chi connectivity index (χ1v) is 5.81. The molecule has 0 atom stereocenters. The summed E-state index contributed by atoms with van der Waals surface area (Å²) in [7, 11) is 2.02. The first kappa shape index (κ1) is 11.0. The second-order valence-corrected chi connectivity index (χ2v) is 4.74. The molecule has 0 saturated carbocycles. The van der Waals surface area contributed by atoms with Crippen molar-refractivity contribution in [2.45, 2.75) is 13.0 Å². The van der Waals surface area contributed by atoms with E-state index < -0.39 is 11.1 Å². The molecule has 1 aliphatic heterocycles. The van der Waals surface area contributed by atoms with Gasteiger partial charge in [0.2, 0.25) is 0 Å². The Hall–Kier alpha value is -2.08. The number of anilines is 1. The maximum atomic E-state index is 11.4. The Morgan fingerprint density at radius 1 is 1.22 bits per heavy atom. The van der Waals surface area contributed by atoms with E-state index in [1.54, 1.807) is 6.07 Å². The van der Waals surface area contributed by atoms with Gasteiger partial charge in [-0.3, -0.25) is 9.59 Å². The van der Waals surface area contributed by atoms with Crippen LogP contribution in [-0.2, 0) is 13.0 Å². The molecule has 0 radical (unpaired) electrons. The summed E-state index contributed by atoms with van der Waals surface area (Å²) in [6.07, 6.45) is 0.856.